The molecule has 0 spiro atoms. The molecule has 1 rings (SSSR count). The number of nitrogens with two attached hydrogens (primary N) is 1. The van der Waals surface area contributed by atoms with E-state index in [1.54, 1.807) is 0 Å². The fraction of sp³-hybridized carbons (Fsp3) is 0.500. The minimum Gasteiger partial charge on any atom is -0.389 e. The van der Waals surface area contributed by atoms with Crippen LogP contribution in [0.1, 0.15) is 32.4 Å². The molecule has 1 amide bonds. The number of amides is 1. The molecule has 5 heteroatoms. The first-order chi connectivity index (χ1) is 6.00. The number of nitrogen functional groups attached to an aromatic ring is 1. The molecule has 72 valence electrons. The summed E-state index contributed by atoms with van der Waals surface area (Å²) in [5, 5.41) is 3.87. The van der Waals surface area contributed by atoms with Crippen molar-refractivity contribution in [1.29, 1.82) is 0 Å². The second-order valence-corrected chi connectivity index (χ2v) is 4.14. The van der Waals surface area contributed by atoms with Crippen molar-refractivity contribution < 1.29 is 4.79 Å². The van der Waals surface area contributed by atoms with Crippen LogP contribution in [0, 0.1) is 0 Å². The molecule has 3 N–H and O–H groups in total. The van der Waals surface area contributed by atoms with Gasteiger partial charge in [-0.05, 0) is 5.92 Å². The standard InChI is InChI=1S/C8H13N3OS/c1-4(2)6-7(9)13-8(11-6)10-5(3)12/h4H,9H2,1-3H3,(H,10,11,12). The Morgan fingerprint density at radius 2 is 2.23 bits per heavy atom. The number of hydrogen-bond donors (Lipinski definition) is 2. The Kier molecular flexibility index (Phi) is 2.87. The predicted molar refractivity (Wildman–Crippen MR) is 54.9 cm³/mol. The van der Waals surface area contributed by atoms with Crippen LogP contribution in [-0.2, 0) is 4.79 Å². The van der Waals surface area contributed by atoms with Crippen LogP contribution in [0.25, 0.3) is 0 Å². The molecule has 13 heavy (non-hydrogen) atoms. The second kappa shape index (κ2) is 3.74. The molecule has 0 aliphatic heterocycles. The lowest BCUT2D eigenvalue weighted by Gasteiger charge is -1.99. The first kappa shape index (κ1) is 9.98. The summed E-state index contributed by atoms with van der Waals surface area (Å²) in [6.45, 7) is 5.48. The number of carbonyl (C=O) groups excluding carboxylic acids is 1. The lowest BCUT2D eigenvalue weighted by Crippen LogP contribution is -2.05. The molecular weight excluding hydrogens is 186 g/mol. The number of rotatable bonds is 2. The van der Waals surface area contributed by atoms with Gasteiger partial charge in [-0.3, -0.25) is 4.79 Å². The Morgan fingerprint density at radius 1 is 1.62 bits per heavy atom. The van der Waals surface area contributed by atoms with Gasteiger partial charge in [0.2, 0.25) is 5.91 Å². The first-order valence-corrected chi connectivity index (χ1v) is 4.86. The smallest absolute Gasteiger partial charge is 0.223 e. The van der Waals surface area contributed by atoms with Crippen molar-refractivity contribution in [3.05, 3.63) is 5.69 Å². The van der Waals surface area contributed by atoms with E-state index in [4.69, 9.17) is 5.73 Å². The first-order valence-electron chi connectivity index (χ1n) is 4.04. The van der Waals surface area contributed by atoms with Crippen LogP contribution in [0.4, 0.5) is 10.1 Å². The Balaban J connectivity index is 2.88. The van der Waals surface area contributed by atoms with E-state index in [1.165, 1.54) is 18.3 Å². The number of nitrogens with one attached hydrogen (secondary N) is 1. The lowest BCUT2D eigenvalue weighted by molar-refractivity contribution is -0.114. The van der Waals surface area contributed by atoms with Crippen molar-refractivity contribution in [1.82, 2.24) is 4.98 Å². The molecule has 0 aromatic carbocycles. The van der Waals surface area contributed by atoms with Gasteiger partial charge in [-0.15, -0.1) is 0 Å². The summed E-state index contributed by atoms with van der Waals surface area (Å²) in [4.78, 5) is 14.9. The number of thiazole rings is 1. The fourth-order valence-corrected chi connectivity index (χ4v) is 1.89. The molecule has 0 saturated heterocycles. The van der Waals surface area contributed by atoms with E-state index in [9.17, 15) is 4.79 Å². The molecule has 0 radical (unpaired) electrons. The Bertz CT molecular complexity index is 319. The quantitative estimate of drug-likeness (QED) is 0.763. The maximum absolute atomic E-state index is 10.7. The summed E-state index contributed by atoms with van der Waals surface area (Å²) >= 11 is 1.31. The summed E-state index contributed by atoms with van der Waals surface area (Å²) in [6, 6.07) is 0. The van der Waals surface area contributed by atoms with Crippen molar-refractivity contribution in [2.75, 3.05) is 11.1 Å². The van der Waals surface area contributed by atoms with Crippen LogP contribution >= 0.6 is 11.3 Å². The summed E-state index contributed by atoms with van der Waals surface area (Å²) < 4.78 is 0. The van der Waals surface area contributed by atoms with E-state index in [0.29, 0.717) is 16.1 Å². The van der Waals surface area contributed by atoms with Crippen molar-refractivity contribution in [3.63, 3.8) is 0 Å². The average molecular weight is 199 g/mol. The minimum atomic E-state index is -0.121. The van der Waals surface area contributed by atoms with Gasteiger partial charge in [0, 0.05) is 6.92 Å². The van der Waals surface area contributed by atoms with Crippen molar-refractivity contribution in [3.8, 4) is 0 Å². The number of aromatic nitrogens is 1. The highest BCUT2D eigenvalue weighted by Gasteiger charge is 2.11. The van der Waals surface area contributed by atoms with Crippen LogP contribution in [0.3, 0.4) is 0 Å². The van der Waals surface area contributed by atoms with Gasteiger partial charge in [0.1, 0.15) is 5.00 Å². The topological polar surface area (TPSA) is 68.0 Å². The molecule has 1 heterocycles. The van der Waals surface area contributed by atoms with Gasteiger partial charge in [0.15, 0.2) is 5.13 Å². The van der Waals surface area contributed by atoms with Crippen LogP contribution < -0.4 is 11.1 Å². The summed E-state index contributed by atoms with van der Waals surface area (Å²) in [7, 11) is 0. The summed E-state index contributed by atoms with van der Waals surface area (Å²) in [5.74, 6) is 0.169. The highest BCUT2D eigenvalue weighted by molar-refractivity contribution is 7.19. The Morgan fingerprint density at radius 3 is 2.62 bits per heavy atom. The SMILES string of the molecule is CC(=O)Nc1nc(C(C)C)c(N)s1. The zero-order valence-corrected chi connectivity index (χ0v) is 8.73. The molecule has 0 aliphatic rings. The number of nitrogens with zero attached hydrogens (tertiary/aromatic N) is 1. The fourth-order valence-electron chi connectivity index (χ4n) is 0.961. The summed E-state index contributed by atoms with van der Waals surface area (Å²) in [6.07, 6.45) is 0. The molecule has 0 bridgehead atoms. The number of carbonyl (C=O) groups is 1. The van der Waals surface area contributed by atoms with E-state index in [-0.39, 0.29) is 5.91 Å². The van der Waals surface area contributed by atoms with Gasteiger partial charge in [-0.1, -0.05) is 25.2 Å². The van der Waals surface area contributed by atoms with Gasteiger partial charge in [-0.25, -0.2) is 4.98 Å². The maximum Gasteiger partial charge on any atom is 0.223 e. The maximum atomic E-state index is 10.7. The van der Waals surface area contributed by atoms with Gasteiger partial charge in [-0.2, -0.15) is 0 Å². The van der Waals surface area contributed by atoms with E-state index >= 15 is 0 Å². The van der Waals surface area contributed by atoms with E-state index < -0.39 is 0 Å². The average Bonchev–Trinajstić information content (AvgIpc) is 2.29. The molecular formula is C8H13N3OS. The predicted octanol–water partition coefficient (Wildman–Crippen LogP) is 1.81. The minimum absolute atomic E-state index is 0.121. The number of anilines is 2. The lowest BCUT2D eigenvalue weighted by atomic mass is 10.1. The molecule has 0 aliphatic carbocycles. The van der Waals surface area contributed by atoms with Gasteiger partial charge in [0.05, 0.1) is 5.69 Å². The van der Waals surface area contributed by atoms with Gasteiger partial charge < -0.3 is 11.1 Å². The molecule has 0 atom stereocenters. The van der Waals surface area contributed by atoms with Gasteiger partial charge >= 0.3 is 0 Å². The van der Waals surface area contributed by atoms with Gasteiger partial charge in [0.25, 0.3) is 0 Å². The van der Waals surface area contributed by atoms with Crippen LogP contribution in [0.5, 0.6) is 0 Å². The zero-order chi connectivity index (χ0) is 10.0. The monoisotopic (exact) mass is 199 g/mol. The van der Waals surface area contributed by atoms with E-state index in [2.05, 4.69) is 10.3 Å². The third kappa shape index (κ3) is 2.42. The third-order valence-corrected chi connectivity index (χ3v) is 2.33. The van der Waals surface area contributed by atoms with Crippen LogP contribution in [-0.4, -0.2) is 10.9 Å². The van der Waals surface area contributed by atoms with Crippen molar-refractivity contribution >= 4 is 27.4 Å². The van der Waals surface area contributed by atoms with Crippen molar-refractivity contribution in [2.24, 2.45) is 0 Å². The second-order valence-electron chi connectivity index (χ2n) is 3.10. The molecule has 1 aromatic rings. The Hall–Kier alpha value is -1.10. The summed E-state index contributed by atoms with van der Waals surface area (Å²) in [5.41, 5.74) is 6.58. The molecule has 4 nitrogen and oxygen atoms in total. The van der Waals surface area contributed by atoms with Crippen LogP contribution in [0.15, 0.2) is 0 Å². The highest BCUT2D eigenvalue weighted by Crippen LogP contribution is 2.30. The van der Waals surface area contributed by atoms with E-state index in [0.717, 1.165) is 5.69 Å². The molecule has 1 aromatic heterocycles. The van der Waals surface area contributed by atoms with Crippen molar-refractivity contribution in [2.45, 2.75) is 26.7 Å². The highest BCUT2D eigenvalue weighted by atomic mass is 32.1. The molecule has 0 unspecified atom stereocenters. The van der Waals surface area contributed by atoms with Crippen LogP contribution in [0.2, 0.25) is 0 Å². The molecule has 0 saturated carbocycles. The molecule has 0 fully saturated rings. The third-order valence-electron chi connectivity index (χ3n) is 1.51. The Labute approximate surface area is 81.2 Å². The zero-order valence-electron chi connectivity index (χ0n) is 7.92. The normalized spacial score (nSPS) is 10.5. The number of hydrogen-bond acceptors (Lipinski definition) is 4. The largest absolute Gasteiger partial charge is 0.389 e. The van der Waals surface area contributed by atoms with E-state index in [1.807, 2.05) is 13.8 Å².